The maximum atomic E-state index is 12.2. The molecule has 22 heavy (non-hydrogen) atoms. The first-order valence-corrected chi connectivity index (χ1v) is 8.12. The maximum Gasteiger partial charge on any atom is 0.316 e. The number of nitrogens with zero attached hydrogens (tertiary/aromatic N) is 2. The molecule has 0 radical (unpaired) electrons. The minimum absolute atomic E-state index is 0. The molecule has 1 saturated heterocycles. The highest BCUT2D eigenvalue weighted by atomic mass is 35.5. The molecule has 1 aromatic heterocycles. The number of nitrogens with one attached hydrogen (secondary N) is 1. The van der Waals surface area contributed by atoms with E-state index in [0.29, 0.717) is 0 Å². The van der Waals surface area contributed by atoms with Crippen molar-refractivity contribution in [3.05, 3.63) is 28.3 Å². The lowest BCUT2D eigenvalue weighted by molar-refractivity contribution is -0.384. The fourth-order valence-electron chi connectivity index (χ4n) is 2.38. The number of aromatic nitrogens is 1. The first-order chi connectivity index (χ1) is 9.95. The smallest absolute Gasteiger partial charge is 0.316 e. The Morgan fingerprint density at radius 3 is 2.86 bits per heavy atom. The van der Waals surface area contributed by atoms with Crippen molar-refractivity contribution in [2.24, 2.45) is 0 Å². The highest BCUT2D eigenvalue weighted by molar-refractivity contribution is 7.91. The van der Waals surface area contributed by atoms with Gasteiger partial charge in [-0.1, -0.05) is 0 Å². The van der Waals surface area contributed by atoms with Crippen LogP contribution in [-0.2, 0) is 9.84 Å². The summed E-state index contributed by atoms with van der Waals surface area (Å²) in [6.45, 7) is 0.805. The van der Waals surface area contributed by atoms with E-state index >= 15 is 0 Å². The van der Waals surface area contributed by atoms with Gasteiger partial charge in [0, 0.05) is 18.2 Å². The Morgan fingerprint density at radius 2 is 2.23 bits per heavy atom. The molecule has 1 atom stereocenters. The van der Waals surface area contributed by atoms with Crippen LogP contribution in [0.2, 0.25) is 0 Å². The molecule has 0 aliphatic carbocycles. The van der Waals surface area contributed by atoms with Gasteiger partial charge < -0.3 is 9.73 Å². The number of sulfone groups is 1. The van der Waals surface area contributed by atoms with Gasteiger partial charge in [-0.05, 0) is 25.5 Å². The Hall–Kier alpha value is -1.71. The third-order valence-electron chi connectivity index (χ3n) is 3.41. The van der Waals surface area contributed by atoms with E-state index in [1.54, 1.807) is 0 Å². The molecule has 1 aromatic carbocycles. The summed E-state index contributed by atoms with van der Waals surface area (Å²) in [5.74, 6) is -0.0814. The van der Waals surface area contributed by atoms with Gasteiger partial charge >= 0.3 is 5.22 Å². The van der Waals surface area contributed by atoms with Crippen LogP contribution in [0, 0.1) is 10.1 Å². The standard InChI is InChI=1S/C12H13N3O5S.ClH/c16-15(17)9-3-4-11-10(6-9)14-12(20-11)21(18,19)7-8-2-1-5-13-8;/h3-4,6,8,13H,1-2,5,7H2;1H. The zero-order valence-corrected chi connectivity index (χ0v) is 13.0. The molecule has 8 nitrogen and oxygen atoms in total. The molecule has 0 saturated carbocycles. The van der Waals surface area contributed by atoms with E-state index in [4.69, 9.17) is 4.42 Å². The van der Waals surface area contributed by atoms with Crippen molar-refractivity contribution in [2.75, 3.05) is 12.3 Å². The van der Waals surface area contributed by atoms with Crippen LogP contribution in [0.1, 0.15) is 12.8 Å². The number of non-ortho nitro benzene ring substituents is 1. The normalized spacial score (nSPS) is 18.3. The van der Waals surface area contributed by atoms with Crippen molar-refractivity contribution in [1.29, 1.82) is 0 Å². The second-order valence-corrected chi connectivity index (χ2v) is 6.88. The number of fused-ring (bicyclic) bond motifs is 1. The lowest BCUT2D eigenvalue weighted by atomic mass is 10.3. The molecule has 1 N–H and O–H groups in total. The average molecular weight is 348 g/mol. The van der Waals surface area contributed by atoms with E-state index in [-0.39, 0.29) is 46.2 Å². The van der Waals surface area contributed by atoms with Gasteiger partial charge in [0.2, 0.25) is 9.84 Å². The van der Waals surface area contributed by atoms with E-state index in [1.165, 1.54) is 18.2 Å². The van der Waals surface area contributed by atoms with E-state index in [1.807, 2.05) is 0 Å². The summed E-state index contributed by atoms with van der Waals surface area (Å²) in [6, 6.07) is 3.71. The Labute approximate surface area is 132 Å². The van der Waals surface area contributed by atoms with Crippen molar-refractivity contribution >= 4 is 39.0 Å². The predicted molar refractivity (Wildman–Crippen MR) is 81.0 cm³/mol. The number of halogens is 1. The maximum absolute atomic E-state index is 12.2. The number of hydrogen-bond acceptors (Lipinski definition) is 7. The predicted octanol–water partition coefficient (Wildman–Crippen LogP) is 1.68. The van der Waals surface area contributed by atoms with Gasteiger partial charge in [-0.15, -0.1) is 12.4 Å². The van der Waals surface area contributed by atoms with Crippen LogP contribution in [0.15, 0.2) is 27.8 Å². The van der Waals surface area contributed by atoms with Crippen LogP contribution < -0.4 is 5.32 Å². The lowest BCUT2D eigenvalue weighted by Crippen LogP contribution is -2.30. The van der Waals surface area contributed by atoms with Crippen LogP contribution in [0.4, 0.5) is 5.69 Å². The van der Waals surface area contributed by atoms with E-state index in [9.17, 15) is 18.5 Å². The fraction of sp³-hybridized carbons (Fsp3) is 0.417. The number of benzene rings is 1. The van der Waals surface area contributed by atoms with Crippen molar-refractivity contribution < 1.29 is 17.8 Å². The van der Waals surface area contributed by atoms with Crippen LogP contribution in [0.3, 0.4) is 0 Å². The monoisotopic (exact) mass is 347 g/mol. The van der Waals surface area contributed by atoms with Crippen LogP contribution >= 0.6 is 12.4 Å². The Bertz CT molecular complexity index is 798. The molecule has 1 aliphatic rings. The Kier molecular flexibility index (Phi) is 4.69. The molecular formula is C12H14ClN3O5S. The molecule has 2 heterocycles. The summed E-state index contributed by atoms with van der Waals surface area (Å²) < 4.78 is 29.7. The number of oxazole rings is 1. The summed E-state index contributed by atoms with van der Waals surface area (Å²) in [7, 11) is -3.65. The molecule has 3 rings (SSSR count). The number of nitro benzene ring substituents is 1. The molecule has 0 bridgehead atoms. The van der Waals surface area contributed by atoms with E-state index in [2.05, 4.69) is 10.3 Å². The minimum Gasteiger partial charge on any atom is -0.428 e. The average Bonchev–Trinajstić information content (AvgIpc) is 3.05. The Morgan fingerprint density at radius 1 is 1.45 bits per heavy atom. The van der Waals surface area contributed by atoms with Gasteiger partial charge in [0.15, 0.2) is 5.58 Å². The third kappa shape index (κ3) is 3.21. The molecule has 10 heteroatoms. The SMILES string of the molecule is Cl.O=[N+]([O-])c1ccc2oc(S(=O)(=O)CC3CCCN3)nc2c1. The minimum atomic E-state index is -3.65. The second kappa shape index (κ2) is 6.19. The molecule has 0 amide bonds. The Balaban J connectivity index is 0.00000176. The zero-order chi connectivity index (χ0) is 15.0. The summed E-state index contributed by atoms with van der Waals surface area (Å²) in [5, 5.41) is 13.4. The first-order valence-electron chi connectivity index (χ1n) is 6.47. The lowest BCUT2D eigenvalue weighted by Gasteiger charge is -2.07. The summed E-state index contributed by atoms with van der Waals surface area (Å²) in [5.41, 5.74) is 0.234. The summed E-state index contributed by atoms with van der Waals surface area (Å²) >= 11 is 0. The molecule has 0 spiro atoms. The molecule has 1 fully saturated rings. The van der Waals surface area contributed by atoms with Crippen molar-refractivity contribution in [3.8, 4) is 0 Å². The van der Waals surface area contributed by atoms with E-state index < -0.39 is 14.8 Å². The van der Waals surface area contributed by atoms with Gasteiger partial charge in [-0.2, -0.15) is 4.98 Å². The number of hydrogen-bond donors (Lipinski definition) is 1. The van der Waals surface area contributed by atoms with Crippen LogP contribution in [0.25, 0.3) is 11.1 Å². The summed E-state index contributed by atoms with van der Waals surface area (Å²) in [4.78, 5) is 14.0. The van der Waals surface area contributed by atoms with Crippen molar-refractivity contribution in [3.63, 3.8) is 0 Å². The quantitative estimate of drug-likeness (QED) is 0.660. The van der Waals surface area contributed by atoms with Gasteiger partial charge in [-0.25, -0.2) is 8.42 Å². The van der Waals surface area contributed by atoms with Crippen molar-refractivity contribution in [2.45, 2.75) is 24.1 Å². The van der Waals surface area contributed by atoms with Crippen LogP contribution in [0.5, 0.6) is 0 Å². The second-order valence-electron chi connectivity index (χ2n) is 4.96. The fourth-order valence-corrected chi connectivity index (χ4v) is 3.79. The highest BCUT2D eigenvalue weighted by Crippen LogP contribution is 2.24. The zero-order valence-electron chi connectivity index (χ0n) is 11.4. The highest BCUT2D eigenvalue weighted by Gasteiger charge is 2.28. The first kappa shape index (κ1) is 16.7. The third-order valence-corrected chi connectivity index (χ3v) is 4.96. The van der Waals surface area contributed by atoms with Gasteiger partial charge in [-0.3, -0.25) is 10.1 Å². The van der Waals surface area contributed by atoms with Gasteiger partial charge in [0.1, 0.15) is 5.52 Å². The topological polar surface area (TPSA) is 115 Å². The molecule has 120 valence electrons. The van der Waals surface area contributed by atoms with Crippen molar-refractivity contribution in [1.82, 2.24) is 10.3 Å². The largest absolute Gasteiger partial charge is 0.428 e. The van der Waals surface area contributed by atoms with Crippen LogP contribution in [-0.4, -0.2) is 36.7 Å². The summed E-state index contributed by atoms with van der Waals surface area (Å²) in [6.07, 6.45) is 1.74. The molecule has 1 aliphatic heterocycles. The molecule has 2 aromatic rings. The van der Waals surface area contributed by atoms with Gasteiger partial charge in [0.25, 0.3) is 5.69 Å². The molecular weight excluding hydrogens is 334 g/mol. The number of rotatable bonds is 4. The van der Waals surface area contributed by atoms with Gasteiger partial charge in [0.05, 0.1) is 10.7 Å². The molecule has 1 unspecified atom stereocenters. The number of nitro groups is 1. The van der Waals surface area contributed by atoms with E-state index in [0.717, 1.165) is 19.4 Å².